The molecule has 1 aromatic rings. The molecule has 0 aliphatic heterocycles. The van der Waals surface area contributed by atoms with E-state index < -0.39 is 47.8 Å². The van der Waals surface area contributed by atoms with Crippen LogP contribution in [-0.4, -0.2) is 67.5 Å². The second-order valence-corrected chi connectivity index (χ2v) is 8.96. The maximum Gasteiger partial charge on any atom is 1.00 e. The van der Waals surface area contributed by atoms with Gasteiger partial charge in [-0.2, -0.15) is 0 Å². The van der Waals surface area contributed by atoms with E-state index in [1.807, 2.05) is 0 Å². The summed E-state index contributed by atoms with van der Waals surface area (Å²) in [4.78, 5) is 60.2. The van der Waals surface area contributed by atoms with E-state index in [0.717, 1.165) is 0 Å². The molecule has 0 aliphatic rings. The van der Waals surface area contributed by atoms with Gasteiger partial charge in [0.05, 0.1) is 12.0 Å². The molecule has 1 aromatic carbocycles. The van der Waals surface area contributed by atoms with E-state index in [1.54, 1.807) is 51.1 Å². The molecule has 0 spiro atoms. The number of hydrogen-bond acceptors (Lipinski definition) is 9. The first kappa shape index (κ1) is 35.3. The zero-order valence-electron chi connectivity index (χ0n) is 22.7. The Morgan fingerprint density at radius 3 is 2.05 bits per heavy atom. The Labute approximate surface area is 239 Å². The smallest absolute Gasteiger partial charge is 0.548 e. The van der Waals surface area contributed by atoms with Crippen molar-refractivity contribution in [2.75, 3.05) is 19.7 Å². The molecule has 0 saturated carbocycles. The van der Waals surface area contributed by atoms with Crippen molar-refractivity contribution in [1.29, 1.82) is 0 Å². The van der Waals surface area contributed by atoms with E-state index in [1.165, 1.54) is 6.08 Å². The first-order valence-electron chi connectivity index (χ1n) is 11.9. The number of amides is 4. The molecule has 0 aliphatic carbocycles. The first-order valence-corrected chi connectivity index (χ1v) is 11.9. The van der Waals surface area contributed by atoms with E-state index in [0.29, 0.717) is 5.56 Å². The Morgan fingerprint density at radius 2 is 1.49 bits per heavy atom. The average Bonchev–Trinajstić information content (AvgIpc) is 2.84. The van der Waals surface area contributed by atoms with Gasteiger partial charge in [-0.05, 0) is 39.2 Å². The van der Waals surface area contributed by atoms with Crippen molar-refractivity contribution < 1.29 is 62.2 Å². The summed E-state index contributed by atoms with van der Waals surface area (Å²) in [5.41, 5.74) is -0.0311. The largest absolute Gasteiger partial charge is 1.00 e. The molecular formula is C25H35LiN4O9. The van der Waals surface area contributed by atoms with Gasteiger partial charge in [0.15, 0.2) is 0 Å². The molecule has 0 aromatic heterocycles. The number of aliphatic carboxylic acids is 1. The molecule has 210 valence electrons. The Bertz CT molecular complexity index is 955. The van der Waals surface area contributed by atoms with Crippen LogP contribution in [0.1, 0.15) is 39.2 Å². The van der Waals surface area contributed by atoms with Crippen molar-refractivity contribution in [3.05, 3.63) is 48.6 Å². The molecule has 39 heavy (non-hydrogen) atoms. The van der Waals surface area contributed by atoms with Crippen LogP contribution in [0, 0.1) is 0 Å². The first-order chi connectivity index (χ1) is 17.9. The van der Waals surface area contributed by atoms with Crippen LogP contribution in [0.4, 0.5) is 14.4 Å². The van der Waals surface area contributed by atoms with Crippen LogP contribution in [0.25, 0.3) is 0 Å². The van der Waals surface area contributed by atoms with E-state index in [4.69, 9.17) is 14.2 Å². The average molecular weight is 543 g/mol. The van der Waals surface area contributed by atoms with Gasteiger partial charge >= 0.3 is 37.1 Å². The summed E-state index contributed by atoms with van der Waals surface area (Å²) < 4.78 is 15.0. The molecule has 4 N–H and O–H groups in total. The van der Waals surface area contributed by atoms with E-state index in [-0.39, 0.29) is 58.0 Å². The molecule has 0 fully saturated rings. The number of alkyl carbamates (subject to hydrolysis) is 3. The van der Waals surface area contributed by atoms with Crippen molar-refractivity contribution in [3.8, 4) is 0 Å². The molecule has 0 bridgehead atoms. The topological polar surface area (TPSA) is 184 Å². The molecule has 0 saturated heterocycles. The number of carbonyl (C=O) groups is 5. The summed E-state index contributed by atoms with van der Waals surface area (Å²) in [6.45, 7) is 8.11. The van der Waals surface area contributed by atoms with Crippen LogP contribution in [-0.2, 0) is 30.4 Å². The SMILES string of the molecule is C=CCOC(=O)NCC[C@H](NC(=O)OCc1ccccc1)C(=O)N[C@@H](CCNC(=O)OC(C)(C)C)C(=O)[O-].[Li+]. The van der Waals surface area contributed by atoms with Gasteiger partial charge in [0.25, 0.3) is 0 Å². The fourth-order valence-electron chi connectivity index (χ4n) is 2.83. The van der Waals surface area contributed by atoms with Gasteiger partial charge in [-0.3, -0.25) is 4.79 Å². The Morgan fingerprint density at radius 1 is 0.897 bits per heavy atom. The molecule has 0 unspecified atom stereocenters. The van der Waals surface area contributed by atoms with E-state index in [2.05, 4.69) is 27.8 Å². The van der Waals surface area contributed by atoms with Gasteiger partial charge in [-0.15, -0.1) is 0 Å². The standard InChI is InChI=1S/C25H36N4O9.Li/c1-5-15-36-22(33)26-13-11-18(29-24(35)37-16-17-9-7-6-8-10-17)20(30)28-19(21(31)32)12-14-27-23(34)38-25(2,3)4;/h5-10,18-19H,1,11-16H2,2-4H3,(H,26,33)(H,27,34)(H,28,30)(H,29,35)(H,31,32);/q;+1/p-1/t18-,19-;/m0./s1. The second-order valence-electron chi connectivity index (χ2n) is 8.96. The van der Waals surface area contributed by atoms with Gasteiger partial charge in [0.2, 0.25) is 5.91 Å². The monoisotopic (exact) mass is 542 g/mol. The van der Waals surface area contributed by atoms with Crippen molar-refractivity contribution in [3.63, 3.8) is 0 Å². The summed E-state index contributed by atoms with van der Waals surface area (Å²) in [7, 11) is 0. The molecule has 0 radical (unpaired) electrons. The second kappa shape index (κ2) is 18.5. The van der Waals surface area contributed by atoms with Crippen LogP contribution >= 0.6 is 0 Å². The fourth-order valence-corrected chi connectivity index (χ4v) is 2.83. The zero-order valence-corrected chi connectivity index (χ0v) is 22.7. The summed E-state index contributed by atoms with van der Waals surface area (Å²) in [6.07, 6.45) is -1.42. The fraction of sp³-hybridized carbons (Fsp3) is 0.480. The third kappa shape index (κ3) is 16.7. The normalized spacial score (nSPS) is 11.9. The number of rotatable bonds is 14. The Kier molecular flexibility index (Phi) is 16.8. The zero-order chi connectivity index (χ0) is 28.6. The van der Waals surface area contributed by atoms with Gasteiger partial charge in [-0.1, -0.05) is 43.0 Å². The number of carboxylic acid groups (broad SMARTS) is 1. The number of ether oxygens (including phenoxy) is 3. The Balaban J connectivity index is 0.0000144. The maximum atomic E-state index is 12.9. The van der Waals surface area contributed by atoms with E-state index >= 15 is 0 Å². The molecule has 1 rings (SSSR count). The van der Waals surface area contributed by atoms with Gasteiger partial charge in [-0.25, -0.2) is 14.4 Å². The van der Waals surface area contributed by atoms with Crippen molar-refractivity contribution >= 4 is 30.2 Å². The maximum absolute atomic E-state index is 12.9. The molecule has 0 heterocycles. The minimum absolute atomic E-state index is 0. The number of hydrogen-bond donors (Lipinski definition) is 4. The Hall–Kier alpha value is -3.69. The summed E-state index contributed by atoms with van der Waals surface area (Å²) in [6, 6.07) is 6.04. The van der Waals surface area contributed by atoms with Crippen LogP contribution in [0.5, 0.6) is 0 Å². The molecule has 13 nitrogen and oxygen atoms in total. The summed E-state index contributed by atoms with van der Waals surface area (Å²) in [5, 5.41) is 21.0. The third-order valence-electron chi connectivity index (χ3n) is 4.56. The van der Waals surface area contributed by atoms with Crippen molar-refractivity contribution in [1.82, 2.24) is 21.3 Å². The third-order valence-corrected chi connectivity index (χ3v) is 4.56. The molecule has 2 atom stereocenters. The van der Waals surface area contributed by atoms with Crippen LogP contribution in [0.15, 0.2) is 43.0 Å². The quantitative estimate of drug-likeness (QED) is 0.114. The minimum atomic E-state index is -1.60. The number of carbonyl (C=O) groups excluding carboxylic acids is 5. The van der Waals surface area contributed by atoms with Crippen molar-refractivity contribution in [2.45, 2.75) is 57.9 Å². The van der Waals surface area contributed by atoms with Crippen LogP contribution < -0.4 is 45.2 Å². The van der Waals surface area contributed by atoms with Crippen molar-refractivity contribution in [2.24, 2.45) is 0 Å². The summed E-state index contributed by atoms with van der Waals surface area (Å²) >= 11 is 0. The van der Waals surface area contributed by atoms with Gasteiger partial charge in [0.1, 0.15) is 24.9 Å². The van der Waals surface area contributed by atoms with Crippen LogP contribution in [0.3, 0.4) is 0 Å². The predicted octanol–water partition coefficient (Wildman–Crippen LogP) is -2.26. The number of benzene rings is 1. The number of nitrogens with one attached hydrogen (secondary N) is 4. The molecule has 14 heteroatoms. The minimum Gasteiger partial charge on any atom is -0.548 e. The van der Waals surface area contributed by atoms with E-state index in [9.17, 15) is 29.1 Å². The molecular weight excluding hydrogens is 507 g/mol. The summed E-state index contributed by atoms with van der Waals surface area (Å²) in [5.74, 6) is -2.46. The number of carboxylic acids is 1. The van der Waals surface area contributed by atoms with Crippen LogP contribution in [0.2, 0.25) is 0 Å². The van der Waals surface area contributed by atoms with Gasteiger partial charge < -0.3 is 45.4 Å². The van der Waals surface area contributed by atoms with Gasteiger partial charge in [0, 0.05) is 13.1 Å². The molecule has 4 amide bonds. The predicted molar refractivity (Wildman–Crippen MR) is 134 cm³/mol.